The largest absolute Gasteiger partial charge is 0.304 e. The Balaban J connectivity index is 2.14. The van der Waals surface area contributed by atoms with Gasteiger partial charge in [-0.15, -0.1) is 0 Å². The van der Waals surface area contributed by atoms with Crippen LogP contribution in [-0.4, -0.2) is 4.98 Å². The van der Waals surface area contributed by atoms with E-state index in [9.17, 15) is 0 Å². The Morgan fingerprint density at radius 3 is 2.35 bits per heavy atom. The molecule has 2 rings (SSSR count). The number of hydrogen-bond donors (Lipinski definition) is 1. The van der Waals surface area contributed by atoms with Gasteiger partial charge in [-0.05, 0) is 39.0 Å². The summed E-state index contributed by atoms with van der Waals surface area (Å²) in [5.41, 5.74) is 2.51. The molecule has 0 radical (unpaired) electrons. The first-order chi connectivity index (χ1) is 9.47. The van der Waals surface area contributed by atoms with E-state index in [0.717, 1.165) is 16.8 Å². The molecule has 1 aromatic carbocycles. The van der Waals surface area contributed by atoms with Crippen molar-refractivity contribution in [3.63, 3.8) is 0 Å². The van der Waals surface area contributed by atoms with E-state index in [1.807, 2.05) is 18.2 Å². The molecule has 0 aliphatic carbocycles. The average molecular weight is 333 g/mol. The van der Waals surface area contributed by atoms with Crippen molar-refractivity contribution in [2.75, 3.05) is 0 Å². The highest BCUT2D eigenvalue weighted by molar-refractivity contribution is 9.10. The van der Waals surface area contributed by atoms with Crippen LogP contribution in [0.5, 0.6) is 0 Å². The fourth-order valence-electron chi connectivity index (χ4n) is 2.32. The summed E-state index contributed by atoms with van der Waals surface area (Å²) in [5.74, 6) is 0. The topological polar surface area (TPSA) is 24.9 Å². The molecule has 1 unspecified atom stereocenters. The molecule has 1 aromatic heterocycles. The minimum absolute atomic E-state index is 0.146. The van der Waals surface area contributed by atoms with Crippen LogP contribution in [0.1, 0.15) is 38.1 Å². The van der Waals surface area contributed by atoms with Gasteiger partial charge in [0.1, 0.15) is 4.60 Å². The van der Waals surface area contributed by atoms with Crippen molar-refractivity contribution in [2.45, 2.75) is 33.4 Å². The van der Waals surface area contributed by atoms with Crippen molar-refractivity contribution in [1.29, 1.82) is 0 Å². The average Bonchev–Trinajstić information content (AvgIpc) is 2.39. The zero-order valence-electron chi connectivity index (χ0n) is 12.2. The molecule has 0 amide bonds. The summed E-state index contributed by atoms with van der Waals surface area (Å²) in [6, 6.07) is 16.9. The summed E-state index contributed by atoms with van der Waals surface area (Å²) in [6.07, 6.45) is 0. The van der Waals surface area contributed by atoms with Crippen LogP contribution in [-0.2, 0) is 6.54 Å². The molecule has 20 heavy (non-hydrogen) atoms. The van der Waals surface area contributed by atoms with Gasteiger partial charge in [0.25, 0.3) is 0 Å². The Morgan fingerprint density at radius 1 is 1.05 bits per heavy atom. The second kappa shape index (κ2) is 6.51. The first-order valence-corrected chi connectivity index (χ1v) is 7.66. The van der Waals surface area contributed by atoms with Crippen molar-refractivity contribution < 1.29 is 0 Å². The molecule has 0 bridgehead atoms. The first-order valence-electron chi connectivity index (χ1n) is 6.86. The number of halogens is 1. The Bertz CT molecular complexity index is 546. The maximum absolute atomic E-state index is 4.48. The van der Waals surface area contributed by atoms with Crippen molar-refractivity contribution >= 4 is 15.9 Å². The van der Waals surface area contributed by atoms with Gasteiger partial charge in [-0.25, -0.2) is 4.98 Å². The lowest BCUT2D eigenvalue weighted by molar-refractivity contribution is 0.270. The van der Waals surface area contributed by atoms with E-state index in [2.05, 4.69) is 77.3 Å². The number of nitrogens with zero attached hydrogens (tertiary/aromatic N) is 1. The van der Waals surface area contributed by atoms with E-state index >= 15 is 0 Å². The van der Waals surface area contributed by atoms with E-state index in [4.69, 9.17) is 0 Å². The van der Waals surface area contributed by atoms with Gasteiger partial charge in [0, 0.05) is 12.6 Å². The third-order valence-corrected chi connectivity index (χ3v) is 3.70. The van der Waals surface area contributed by atoms with Crippen LogP contribution in [0.2, 0.25) is 0 Å². The van der Waals surface area contributed by atoms with E-state index in [1.165, 1.54) is 5.56 Å². The number of aromatic nitrogens is 1. The van der Waals surface area contributed by atoms with Crippen LogP contribution >= 0.6 is 15.9 Å². The van der Waals surface area contributed by atoms with Gasteiger partial charge in [-0.2, -0.15) is 0 Å². The van der Waals surface area contributed by atoms with E-state index < -0.39 is 0 Å². The molecule has 1 N–H and O–H groups in total. The van der Waals surface area contributed by atoms with Gasteiger partial charge in [0.15, 0.2) is 0 Å². The summed E-state index contributed by atoms with van der Waals surface area (Å²) in [5, 5.41) is 3.64. The molecule has 106 valence electrons. The smallest absolute Gasteiger partial charge is 0.106 e. The molecular weight excluding hydrogens is 312 g/mol. The monoisotopic (exact) mass is 332 g/mol. The lowest BCUT2D eigenvalue weighted by atomic mass is 9.82. The van der Waals surface area contributed by atoms with Crippen molar-refractivity contribution in [1.82, 2.24) is 10.3 Å². The number of benzene rings is 1. The summed E-state index contributed by atoms with van der Waals surface area (Å²) < 4.78 is 0.879. The summed E-state index contributed by atoms with van der Waals surface area (Å²) in [6.45, 7) is 7.53. The minimum atomic E-state index is 0.146. The lowest BCUT2D eigenvalue weighted by Crippen LogP contribution is -2.32. The van der Waals surface area contributed by atoms with E-state index in [0.29, 0.717) is 6.04 Å². The summed E-state index contributed by atoms with van der Waals surface area (Å²) in [7, 11) is 0. The van der Waals surface area contributed by atoms with E-state index in [-0.39, 0.29) is 5.41 Å². The fraction of sp³-hybridized carbons (Fsp3) is 0.353. The van der Waals surface area contributed by atoms with Crippen molar-refractivity contribution in [2.24, 2.45) is 5.41 Å². The Labute approximate surface area is 129 Å². The predicted molar refractivity (Wildman–Crippen MR) is 87.4 cm³/mol. The molecule has 0 spiro atoms. The molecule has 2 nitrogen and oxygen atoms in total. The van der Waals surface area contributed by atoms with E-state index in [1.54, 1.807) is 0 Å². The molecular formula is C17H21BrN2. The van der Waals surface area contributed by atoms with Crippen molar-refractivity contribution in [3.8, 4) is 0 Å². The predicted octanol–water partition coefficient (Wildman–Crippen LogP) is 4.72. The molecule has 0 saturated carbocycles. The molecule has 0 fully saturated rings. The fourth-order valence-corrected chi connectivity index (χ4v) is 2.71. The second-order valence-electron chi connectivity index (χ2n) is 6.04. The second-order valence-corrected chi connectivity index (χ2v) is 6.85. The Hall–Kier alpha value is -1.19. The maximum Gasteiger partial charge on any atom is 0.106 e. The standard InChI is InChI=1S/C17H21BrN2/c1-17(2,3)16(13-8-5-4-6-9-13)19-12-14-10-7-11-15(18)20-14/h4-11,16,19H,12H2,1-3H3. The first kappa shape index (κ1) is 15.2. The highest BCUT2D eigenvalue weighted by atomic mass is 79.9. The highest BCUT2D eigenvalue weighted by Gasteiger charge is 2.25. The van der Waals surface area contributed by atoms with Crippen LogP contribution in [0.4, 0.5) is 0 Å². The Kier molecular flexibility index (Phi) is 4.95. The highest BCUT2D eigenvalue weighted by Crippen LogP contribution is 2.32. The molecule has 2 aromatic rings. The van der Waals surface area contributed by atoms with Crippen LogP contribution in [0.25, 0.3) is 0 Å². The van der Waals surface area contributed by atoms with Crippen LogP contribution in [0, 0.1) is 5.41 Å². The molecule has 1 heterocycles. The van der Waals surface area contributed by atoms with Gasteiger partial charge in [-0.1, -0.05) is 57.2 Å². The number of nitrogens with one attached hydrogen (secondary N) is 1. The van der Waals surface area contributed by atoms with Gasteiger partial charge >= 0.3 is 0 Å². The molecule has 0 saturated heterocycles. The number of hydrogen-bond acceptors (Lipinski definition) is 2. The SMILES string of the molecule is CC(C)(C)C(NCc1cccc(Br)n1)c1ccccc1. The van der Waals surface area contributed by atoms with Crippen LogP contribution in [0.15, 0.2) is 53.1 Å². The molecule has 3 heteroatoms. The maximum atomic E-state index is 4.48. The summed E-state index contributed by atoms with van der Waals surface area (Å²) in [4.78, 5) is 4.48. The third-order valence-electron chi connectivity index (χ3n) is 3.26. The van der Waals surface area contributed by atoms with Gasteiger partial charge < -0.3 is 5.32 Å². The third kappa shape index (κ3) is 4.15. The zero-order valence-corrected chi connectivity index (χ0v) is 13.8. The normalized spacial score (nSPS) is 13.2. The summed E-state index contributed by atoms with van der Waals surface area (Å²) >= 11 is 3.41. The Morgan fingerprint density at radius 2 is 1.75 bits per heavy atom. The molecule has 0 aliphatic rings. The lowest BCUT2D eigenvalue weighted by Gasteiger charge is -2.32. The van der Waals surface area contributed by atoms with Crippen molar-refractivity contribution in [3.05, 3.63) is 64.4 Å². The number of pyridine rings is 1. The van der Waals surface area contributed by atoms with Gasteiger partial charge in [0.05, 0.1) is 5.69 Å². The van der Waals surface area contributed by atoms with Gasteiger partial charge in [0.2, 0.25) is 0 Å². The van der Waals surface area contributed by atoms with Crippen LogP contribution in [0.3, 0.4) is 0 Å². The number of rotatable bonds is 4. The quantitative estimate of drug-likeness (QED) is 0.819. The molecule has 1 atom stereocenters. The van der Waals surface area contributed by atoms with Crippen LogP contribution < -0.4 is 5.32 Å². The van der Waals surface area contributed by atoms with Gasteiger partial charge in [-0.3, -0.25) is 0 Å². The zero-order chi connectivity index (χ0) is 14.6. The molecule has 0 aliphatic heterocycles. The minimum Gasteiger partial charge on any atom is -0.304 e.